The van der Waals surface area contributed by atoms with Gasteiger partial charge in [-0.15, -0.1) is 0 Å². The predicted octanol–water partition coefficient (Wildman–Crippen LogP) is 2.00. The van der Waals surface area contributed by atoms with Crippen LogP contribution in [-0.2, 0) is 18.3 Å². The molecule has 1 aromatic heterocycles. The lowest BCUT2D eigenvalue weighted by Gasteiger charge is -2.04. The standard InChI is InChI=1S/C14H17N3O2/c1-17-10-9-13(16-17)15-14(18)8-5-11-3-6-12(19-2)7-4-11/h3-4,6-7,9-10H,5,8H2,1-2H3,(H,15,16,18). The summed E-state index contributed by atoms with van der Waals surface area (Å²) < 4.78 is 6.74. The van der Waals surface area contributed by atoms with Crippen molar-refractivity contribution in [3.05, 3.63) is 42.1 Å². The molecule has 5 heteroatoms. The molecule has 100 valence electrons. The Balaban J connectivity index is 1.82. The molecular weight excluding hydrogens is 242 g/mol. The molecule has 0 saturated heterocycles. The van der Waals surface area contributed by atoms with Crippen LogP contribution in [0.25, 0.3) is 0 Å². The van der Waals surface area contributed by atoms with Crippen molar-refractivity contribution < 1.29 is 9.53 Å². The number of amides is 1. The van der Waals surface area contributed by atoms with Crippen LogP contribution in [0.2, 0.25) is 0 Å². The van der Waals surface area contributed by atoms with Crippen LogP contribution in [0.5, 0.6) is 5.75 Å². The summed E-state index contributed by atoms with van der Waals surface area (Å²) in [5.74, 6) is 1.37. The van der Waals surface area contributed by atoms with Gasteiger partial charge in [0.25, 0.3) is 0 Å². The van der Waals surface area contributed by atoms with Gasteiger partial charge in [-0.3, -0.25) is 9.48 Å². The monoisotopic (exact) mass is 259 g/mol. The van der Waals surface area contributed by atoms with Crippen molar-refractivity contribution in [1.82, 2.24) is 9.78 Å². The van der Waals surface area contributed by atoms with Gasteiger partial charge in [0, 0.05) is 25.7 Å². The zero-order valence-electron chi connectivity index (χ0n) is 11.1. The number of nitrogens with zero attached hydrogens (tertiary/aromatic N) is 2. The molecule has 19 heavy (non-hydrogen) atoms. The zero-order valence-corrected chi connectivity index (χ0v) is 11.1. The predicted molar refractivity (Wildman–Crippen MR) is 73.2 cm³/mol. The van der Waals surface area contributed by atoms with Gasteiger partial charge in [-0.2, -0.15) is 5.10 Å². The third kappa shape index (κ3) is 3.84. The lowest BCUT2D eigenvalue weighted by molar-refractivity contribution is -0.116. The molecule has 1 N–H and O–H groups in total. The summed E-state index contributed by atoms with van der Waals surface area (Å²) in [6, 6.07) is 9.49. The Labute approximate surface area is 112 Å². The number of carbonyl (C=O) groups is 1. The molecule has 0 bridgehead atoms. The fourth-order valence-corrected chi connectivity index (χ4v) is 1.74. The maximum Gasteiger partial charge on any atom is 0.225 e. The Morgan fingerprint density at radius 2 is 2.05 bits per heavy atom. The molecule has 1 aromatic carbocycles. The van der Waals surface area contributed by atoms with E-state index < -0.39 is 0 Å². The minimum Gasteiger partial charge on any atom is -0.497 e. The highest BCUT2D eigenvalue weighted by atomic mass is 16.5. The van der Waals surface area contributed by atoms with Gasteiger partial charge in [0.05, 0.1) is 7.11 Å². The van der Waals surface area contributed by atoms with E-state index in [-0.39, 0.29) is 5.91 Å². The van der Waals surface area contributed by atoms with Crippen LogP contribution in [0, 0.1) is 0 Å². The van der Waals surface area contributed by atoms with Crippen molar-refractivity contribution in [1.29, 1.82) is 0 Å². The minimum atomic E-state index is -0.0329. The van der Waals surface area contributed by atoms with E-state index in [1.54, 1.807) is 24.1 Å². The largest absolute Gasteiger partial charge is 0.497 e. The molecule has 0 aliphatic carbocycles. The second-order valence-electron chi connectivity index (χ2n) is 4.27. The van der Waals surface area contributed by atoms with Crippen LogP contribution in [0.3, 0.4) is 0 Å². The number of aryl methyl sites for hydroxylation is 2. The van der Waals surface area contributed by atoms with E-state index in [1.807, 2.05) is 31.3 Å². The highest BCUT2D eigenvalue weighted by Gasteiger charge is 2.05. The number of anilines is 1. The number of carbonyl (C=O) groups excluding carboxylic acids is 1. The van der Waals surface area contributed by atoms with E-state index in [0.29, 0.717) is 18.7 Å². The van der Waals surface area contributed by atoms with E-state index in [4.69, 9.17) is 4.74 Å². The Kier molecular flexibility index (Phi) is 4.18. The number of ether oxygens (including phenoxy) is 1. The van der Waals surface area contributed by atoms with Crippen molar-refractivity contribution in [2.45, 2.75) is 12.8 Å². The topological polar surface area (TPSA) is 56.1 Å². The second-order valence-corrected chi connectivity index (χ2v) is 4.27. The molecule has 0 unspecified atom stereocenters. The molecule has 0 aliphatic rings. The van der Waals surface area contributed by atoms with Gasteiger partial charge in [-0.05, 0) is 24.1 Å². The molecular formula is C14H17N3O2. The number of hydrogen-bond acceptors (Lipinski definition) is 3. The summed E-state index contributed by atoms with van der Waals surface area (Å²) in [6.45, 7) is 0. The minimum absolute atomic E-state index is 0.0329. The second kappa shape index (κ2) is 6.04. The zero-order chi connectivity index (χ0) is 13.7. The average molecular weight is 259 g/mol. The lowest BCUT2D eigenvalue weighted by Crippen LogP contribution is -2.12. The molecule has 1 heterocycles. The highest BCUT2D eigenvalue weighted by Crippen LogP contribution is 2.13. The number of nitrogens with one attached hydrogen (secondary N) is 1. The van der Waals surface area contributed by atoms with Crippen LogP contribution >= 0.6 is 0 Å². The number of benzene rings is 1. The first-order chi connectivity index (χ1) is 9.17. The third-order valence-corrected chi connectivity index (χ3v) is 2.78. The number of aromatic nitrogens is 2. The van der Waals surface area contributed by atoms with Gasteiger partial charge >= 0.3 is 0 Å². The van der Waals surface area contributed by atoms with Gasteiger partial charge in [-0.25, -0.2) is 0 Å². The first-order valence-corrected chi connectivity index (χ1v) is 6.10. The summed E-state index contributed by atoms with van der Waals surface area (Å²) in [6.07, 6.45) is 2.92. The van der Waals surface area contributed by atoms with E-state index in [9.17, 15) is 4.79 Å². The molecule has 5 nitrogen and oxygen atoms in total. The Morgan fingerprint density at radius 1 is 1.32 bits per heavy atom. The number of rotatable bonds is 5. The van der Waals surface area contributed by atoms with Crippen molar-refractivity contribution in [3.8, 4) is 5.75 Å². The average Bonchev–Trinajstić information content (AvgIpc) is 2.82. The molecule has 0 atom stereocenters. The Hall–Kier alpha value is -2.30. The summed E-state index contributed by atoms with van der Waals surface area (Å²) in [4.78, 5) is 11.7. The third-order valence-electron chi connectivity index (χ3n) is 2.78. The molecule has 0 radical (unpaired) electrons. The smallest absolute Gasteiger partial charge is 0.225 e. The van der Waals surface area contributed by atoms with E-state index >= 15 is 0 Å². The summed E-state index contributed by atoms with van der Waals surface area (Å²) in [7, 11) is 3.45. The molecule has 1 amide bonds. The summed E-state index contributed by atoms with van der Waals surface area (Å²) in [5.41, 5.74) is 1.11. The first kappa shape index (κ1) is 13.1. The van der Waals surface area contributed by atoms with Crippen LogP contribution in [-0.4, -0.2) is 22.8 Å². The van der Waals surface area contributed by atoms with Gasteiger partial charge < -0.3 is 10.1 Å². The van der Waals surface area contributed by atoms with E-state index in [1.165, 1.54) is 0 Å². The normalized spacial score (nSPS) is 10.2. The summed E-state index contributed by atoms with van der Waals surface area (Å²) in [5, 5.41) is 6.86. The van der Waals surface area contributed by atoms with Crippen LogP contribution in [0.15, 0.2) is 36.5 Å². The van der Waals surface area contributed by atoms with Crippen molar-refractivity contribution >= 4 is 11.7 Å². The number of methoxy groups -OCH3 is 1. The first-order valence-electron chi connectivity index (χ1n) is 6.10. The van der Waals surface area contributed by atoms with Crippen molar-refractivity contribution in [2.24, 2.45) is 7.05 Å². The maximum absolute atomic E-state index is 11.7. The Bertz CT molecular complexity index is 546. The molecule has 2 rings (SSSR count). The molecule has 0 aliphatic heterocycles. The molecule has 0 spiro atoms. The van der Waals surface area contributed by atoms with Gasteiger partial charge in [-0.1, -0.05) is 12.1 Å². The summed E-state index contributed by atoms with van der Waals surface area (Å²) >= 11 is 0. The van der Waals surface area contributed by atoms with Crippen molar-refractivity contribution in [2.75, 3.05) is 12.4 Å². The van der Waals surface area contributed by atoms with E-state index in [0.717, 1.165) is 11.3 Å². The molecule has 0 fully saturated rings. The molecule has 0 saturated carbocycles. The van der Waals surface area contributed by atoms with Gasteiger partial charge in [0.15, 0.2) is 5.82 Å². The van der Waals surface area contributed by atoms with Crippen LogP contribution in [0.1, 0.15) is 12.0 Å². The van der Waals surface area contributed by atoms with Crippen LogP contribution < -0.4 is 10.1 Å². The Morgan fingerprint density at radius 3 is 2.63 bits per heavy atom. The fraction of sp³-hybridized carbons (Fsp3) is 0.286. The van der Waals surface area contributed by atoms with Crippen LogP contribution in [0.4, 0.5) is 5.82 Å². The van der Waals surface area contributed by atoms with Crippen molar-refractivity contribution in [3.63, 3.8) is 0 Å². The maximum atomic E-state index is 11.7. The number of hydrogen-bond donors (Lipinski definition) is 1. The SMILES string of the molecule is COc1ccc(CCC(=O)Nc2ccn(C)n2)cc1. The van der Waals surface area contributed by atoms with Gasteiger partial charge in [0.1, 0.15) is 5.75 Å². The molecule has 2 aromatic rings. The van der Waals surface area contributed by atoms with Gasteiger partial charge in [0.2, 0.25) is 5.91 Å². The lowest BCUT2D eigenvalue weighted by atomic mass is 10.1. The quantitative estimate of drug-likeness (QED) is 0.893. The van der Waals surface area contributed by atoms with E-state index in [2.05, 4.69) is 10.4 Å². The fourth-order valence-electron chi connectivity index (χ4n) is 1.74. The highest BCUT2D eigenvalue weighted by molar-refractivity contribution is 5.89.